The first kappa shape index (κ1) is 22.5. The van der Waals surface area contributed by atoms with E-state index in [2.05, 4.69) is 10.6 Å². The van der Waals surface area contributed by atoms with Crippen LogP contribution in [-0.4, -0.2) is 58.8 Å². The number of hydrogen-bond donors (Lipinski definition) is 3. The predicted molar refractivity (Wildman–Crippen MR) is 108 cm³/mol. The van der Waals surface area contributed by atoms with Crippen molar-refractivity contribution in [1.82, 2.24) is 4.31 Å². The van der Waals surface area contributed by atoms with Gasteiger partial charge in [-0.2, -0.15) is 0 Å². The number of rotatable bonds is 8. The average molecular weight is 423 g/mol. The van der Waals surface area contributed by atoms with E-state index < -0.39 is 15.8 Å². The quantitative estimate of drug-likeness (QED) is 0.564. The van der Waals surface area contributed by atoms with Crippen molar-refractivity contribution in [2.24, 2.45) is 0 Å². The molecule has 2 aromatic carbocycles. The molecule has 0 aliphatic rings. The van der Waals surface area contributed by atoms with Gasteiger partial charge in [0, 0.05) is 25.5 Å². The van der Waals surface area contributed by atoms with E-state index in [1.165, 1.54) is 50.5 Å². The second-order valence-corrected chi connectivity index (χ2v) is 8.88. The van der Waals surface area contributed by atoms with Gasteiger partial charge in [0.25, 0.3) is 11.8 Å². The normalized spacial score (nSPS) is 12.4. The van der Waals surface area contributed by atoms with Crippen LogP contribution in [0.1, 0.15) is 0 Å². The molecule has 1 unspecified atom stereocenters. The van der Waals surface area contributed by atoms with Gasteiger partial charge in [-0.25, -0.2) is 17.1 Å². The molecule has 0 saturated carbocycles. The fraction of sp³-hybridized carbons (Fsp3) is 0.263. The van der Waals surface area contributed by atoms with Crippen LogP contribution >= 0.6 is 0 Å². The molecule has 0 bridgehead atoms. The first-order valence-electron chi connectivity index (χ1n) is 8.77. The number of nitrogens with zero attached hydrogens (tertiary/aromatic N) is 1. The highest BCUT2D eigenvalue weighted by molar-refractivity contribution is 7.89. The van der Waals surface area contributed by atoms with Crippen molar-refractivity contribution in [3.63, 3.8) is 0 Å². The summed E-state index contributed by atoms with van der Waals surface area (Å²) in [6, 6.07) is 11.5. The van der Waals surface area contributed by atoms with Gasteiger partial charge in [0.1, 0.15) is 5.82 Å². The number of amides is 2. The molecule has 0 saturated heterocycles. The van der Waals surface area contributed by atoms with Crippen LogP contribution in [0.25, 0.3) is 0 Å². The summed E-state index contributed by atoms with van der Waals surface area (Å²) in [5.41, 5.74) is 0.682. The zero-order chi connectivity index (χ0) is 21.6. The van der Waals surface area contributed by atoms with Crippen LogP contribution in [0.4, 0.5) is 15.8 Å². The highest BCUT2D eigenvalue weighted by atomic mass is 32.2. The van der Waals surface area contributed by atoms with Gasteiger partial charge in [0.15, 0.2) is 13.1 Å². The van der Waals surface area contributed by atoms with E-state index in [1.807, 2.05) is 0 Å². The lowest BCUT2D eigenvalue weighted by molar-refractivity contribution is -0.862. The number of carbonyl (C=O) groups excluding carboxylic acids is 2. The smallest absolute Gasteiger partial charge is 0.279 e. The van der Waals surface area contributed by atoms with Crippen LogP contribution in [0.3, 0.4) is 0 Å². The van der Waals surface area contributed by atoms with Gasteiger partial charge in [0.05, 0.1) is 11.9 Å². The third-order valence-electron chi connectivity index (χ3n) is 3.93. The maximum Gasteiger partial charge on any atom is 0.279 e. The molecule has 2 rings (SSSR count). The Morgan fingerprint density at radius 2 is 1.48 bits per heavy atom. The van der Waals surface area contributed by atoms with E-state index in [4.69, 9.17) is 0 Å². The maximum absolute atomic E-state index is 13.2. The van der Waals surface area contributed by atoms with Gasteiger partial charge in [-0.3, -0.25) is 9.59 Å². The van der Waals surface area contributed by atoms with Crippen LogP contribution in [0.5, 0.6) is 0 Å². The highest BCUT2D eigenvalue weighted by Crippen LogP contribution is 2.17. The third-order valence-corrected chi connectivity index (χ3v) is 5.74. The molecule has 1 atom stereocenters. The van der Waals surface area contributed by atoms with E-state index in [-0.39, 0.29) is 29.8 Å². The number of benzene rings is 2. The Labute approximate surface area is 169 Å². The van der Waals surface area contributed by atoms with Gasteiger partial charge in [0.2, 0.25) is 10.0 Å². The van der Waals surface area contributed by atoms with Crippen molar-refractivity contribution in [2.75, 3.05) is 44.9 Å². The van der Waals surface area contributed by atoms with E-state index in [1.54, 1.807) is 19.2 Å². The van der Waals surface area contributed by atoms with Crippen molar-refractivity contribution in [3.05, 3.63) is 54.3 Å². The molecule has 8 nitrogen and oxygen atoms in total. The Balaban J connectivity index is 1.91. The van der Waals surface area contributed by atoms with Gasteiger partial charge in [-0.1, -0.05) is 12.1 Å². The van der Waals surface area contributed by atoms with Gasteiger partial charge in [-0.15, -0.1) is 0 Å². The molecule has 0 radical (unpaired) electrons. The van der Waals surface area contributed by atoms with Crippen molar-refractivity contribution in [2.45, 2.75) is 4.90 Å². The van der Waals surface area contributed by atoms with Gasteiger partial charge >= 0.3 is 0 Å². The number of carbonyl (C=O) groups is 2. The second-order valence-electron chi connectivity index (χ2n) is 6.73. The Hall–Kier alpha value is -2.82. The Bertz CT molecular complexity index is 995. The number of hydrogen-bond acceptors (Lipinski definition) is 4. The first-order chi connectivity index (χ1) is 13.6. The number of likely N-dealkylation sites (N-methyl/N-ethyl adjacent to an activating group) is 1. The predicted octanol–water partition coefficient (Wildman–Crippen LogP) is 0.168. The molecule has 29 heavy (non-hydrogen) atoms. The van der Waals surface area contributed by atoms with E-state index in [9.17, 15) is 22.4 Å². The standard InChI is InChI=1S/C19H23FN4O4S/c1-23(2)29(27,28)17-9-5-8-16(11-17)22-19(26)13-24(3)12-18(25)21-15-7-4-6-14(20)10-15/h4-11H,12-13H2,1-3H3,(H,21,25)(H,22,26)/p+1. The molecule has 2 aromatic rings. The summed E-state index contributed by atoms with van der Waals surface area (Å²) in [6.07, 6.45) is 0. The van der Waals surface area contributed by atoms with Crippen molar-refractivity contribution in [3.8, 4) is 0 Å². The molecule has 2 amide bonds. The fourth-order valence-corrected chi connectivity index (χ4v) is 3.48. The molecule has 0 fully saturated rings. The minimum Gasteiger partial charge on any atom is -0.322 e. The number of anilines is 2. The summed E-state index contributed by atoms with van der Waals surface area (Å²) >= 11 is 0. The lowest BCUT2D eigenvalue weighted by Gasteiger charge is -2.15. The van der Waals surface area contributed by atoms with Crippen LogP contribution in [0.15, 0.2) is 53.4 Å². The molecular formula is C19H24FN4O4S+. The minimum atomic E-state index is -3.61. The first-order valence-corrected chi connectivity index (χ1v) is 10.2. The fourth-order valence-electron chi connectivity index (χ4n) is 2.53. The topological polar surface area (TPSA) is 100 Å². The van der Waals surface area contributed by atoms with Crippen molar-refractivity contribution >= 4 is 33.2 Å². The summed E-state index contributed by atoms with van der Waals surface area (Å²) in [5, 5.41) is 5.20. The summed E-state index contributed by atoms with van der Waals surface area (Å²) in [4.78, 5) is 24.9. The van der Waals surface area contributed by atoms with Crippen LogP contribution < -0.4 is 15.5 Å². The number of quaternary nitrogens is 1. The van der Waals surface area contributed by atoms with E-state index in [0.29, 0.717) is 16.3 Å². The van der Waals surface area contributed by atoms with Crippen LogP contribution in [0, 0.1) is 5.82 Å². The highest BCUT2D eigenvalue weighted by Gasteiger charge is 2.19. The molecule has 0 spiro atoms. The lowest BCUT2D eigenvalue weighted by atomic mass is 10.3. The third kappa shape index (κ3) is 6.63. The minimum absolute atomic E-state index is 0.00101. The lowest BCUT2D eigenvalue weighted by Crippen LogP contribution is -3.11. The monoisotopic (exact) mass is 423 g/mol. The van der Waals surface area contributed by atoms with Crippen LogP contribution in [0.2, 0.25) is 0 Å². The zero-order valence-electron chi connectivity index (χ0n) is 16.4. The van der Waals surface area contributed by atoms with Gasteiger partial charge < -0.3 is 15.5 Å². The SMILES string of the molecule is CN(C)S(=O)(=O)c1cccc(NC(=O)C[NH+](C)CC(=O)Nc2cccc(F)c2)c1. The molecule has 10 heteroatoms. The van der Waals surface area contributed by atoms with Crippen molar-refractivity contribution in [1.29, 1.82) is 0 Å². The second kappa shape index (κ2) is 9.59. The maximum atomic E-state index is 13.2. The summed E-state index contributed by atoms with van der Waals surface area (Å²) in [7, 11) is 0.903. The molecule has 0 aliphatic heterocycles. The number of halogens is 1. The Morgan fingerprint density at radius 3 is 2.00 bits per heavy atom. The van der Waals surface area contributed by atoms with E-state index in [0.717, 1.165) is 4.31 Å². The largest absolute Gasteiger partial charge is 0.322 e. The van der Waals surface area contributed by atoms with Gasteiger partial charge in [-0.05, 0) is 36.4 Å². The molecule has 3 N–H and O–H groups in total. The summed E-state index contributed by atoms with van der Waals surface area (Å²) in [6.45, 7) is -0.0137. The molecule has 156 valence electrons. The molecule has 0 heterocycles. The molecular weight excluding hydrogens is 399 g/mol. The molecule has 0 aliphatic carbocycles. The number of nitrogens with one attached hydrogen (secondary N) is 3. The van der Waals surface area contributed by atoms with E-state index >= 15 is 0 Å². The van der Waals surface area contributed by atoms with Crippen LogP contribution in [-0.2, 0) is 19.6 Å². The van der Waals surface area contributed by atoms with Crippen molar-refractivity contribution < 1.29 is 27.3 Å². The summed E-state index contributed by atoms with van der Waals surface area (Å²) in [5.74, 6) is -1.19. The zero-order valence-corrected chi connectivity index (χ0v) is 17.2. The Morgan fingerprint density at radius 1 is 0.966 bits per heavy atom. The summed E-state index contributed by atoms with van der Waals surface area (Å²) < 4.78 is 38.6. The molecule has 0 aromatic heterocycles. The number of sulfonamides is 1. The Kier molecular flexibility index (Phi) is 7.43. The average Bonchev–Trinajstić information content (AvgIpc) is 2.61.